The van der Waals surface area contributed by atoms with Gasteiger partial charge in [0.25, 0.3) is 0 Å². The van der Waals surface area contributed by atoms with E-state index in [2.05, 4.69) is 16.5 Å². The second kappa shape index (κ2) is 7.42. The zero-order chi connectivity index (χ0) is 15.2. The summed E-state index contributed by atoms with van der Waals surface area (Å²) in [5.41, 5.74) is 2.15. The molecule has 0 atom stereocenters. The molecule has 0 amide bonds. The lowest BCUT2D eigenvalue weighted by atomic mass is 10.1. The summed E-state index contributed by atoms with van der Waals surface area (Å²) < 4.78 is 13.0. The molecule has 1 fully saturated rings. The zero-order valence-electron chi connectivity index (χ0n) is 12.9. The molecular formula is C17H22N3O2. The molecule has 1 aliphatic rings. The third kappa shape index (κ3) is 4.08. The predicted molar refractivity (Wildman–Crippen MR) is 84.8 cm³/mol. The fourth-order valence-corrected chi connectivity index (χ4v) is 2.60. The van der Waals surface area contributed by atoms with Gasteiger partial charge in [0.2, 0.25) is 0 Å². The van der Waals surface area contributed by atoms with E-state index in [-0.39, 0.29) is 0 Å². The number of rotatable bonds is 6. The van der Waals surface area contributed by atoms with Crippen LogP contribution in [-0.2, 0) is 11.8 Å². The molecule has 0 unspecified atom stereocenters. The van der Waals surface area contributed by atoms with Gasteiger partial charge in [-0.3, -0.25) is 4.68 Å². The molecule has 0 spiro atoms. The van der Waals surface area contributed by atoms with Gasteiger partial charge in [0.15, 0.2) is 0 Å². The normalized spacial score (nSPS) is 15.9. The monoisotopic (exact) mass is 300 g/mol. The van der Waals surface area contributed by atoms with Gasteiger partial charge in [0, 0.05) is 44.6 Å². The van der Waals surface area contributed by atoms with Crippen LogP contribution in [-0.4, -0.2) is 42.2 Å². The molecule has 117 valence electrons. The first-order valence-electron chi connectivity index (χ1n) is 7.75. The number of nitrogens with one attached hydrogen (secondary N) is 1. The van der Waals surface area contributed by atoms with Crippen LogP contribution in [0.1, 0.15) is 12.8 Å². The highest BCUT2D eigenvalue weighted by Gasteiger charge is 2.12. The van der Waals surface area contributed by atoms with Crippen LogP contribution in [0.15, 0.2) is 30.6 Å². The second-order valence-electron chi connectivity index (χ2n) is 5.55. The summed E-state index contributed by atoms with van der Waals surface area (Å²) in [5.74, 6) is 0.843. The minimum atomic E-state index is 0.561. The second-order valence-corrected chi connectivity index (χ2v) is 5.55. The van der Waals surface area contributed by atoms with Gasteiger partial charge in [0.05, 0.1) is 6.20 Å². The molecule has 0 bridgehead atoms. The third-order valence-corrected chi connectivity index (χ3v) is 3.83. The number of ether oxygens (including phenoxy) is 2. The van der Waals surface area contributed by atoms with Crippen LogP contribution < -0.4 is 10.1 Å². The van der Waals surface area contributed by atoms with Crippen LogP contribution >= 0.6 is 0 Å². The first-order chi connectivity index (χ1) is 10.8. The number of aromatic nitrogens is 2. The van der Waals surface area contributed by atoms with Gasteiger partial charge in [-0.1, -0.05) is 0 Å². The highest BCUT2D eigenvalue weighted by molar-refractivity contribution is 5.63. The molecule has 2 aromatic rings. The molecule has 0 saturated carbocycles. The summed E-state index contributed by atoms with van der Waals surface area (Å²) in [6, 6.07) is 9.54. The molecule has 0 aliphatic carbocycles. The molecule has 3 rings (SSSR count). The van der Waals surface area contributed by atoms with Crippen LogP contribution in [0.5, 0.6) is 5.75 Å². The Morgan fingerprint density at radius 3 is 3.00 bits per heavy atom. The maximum Gasteiger partial charge on any atom is 0.120 e. The van der Waals surface area contributed by atoms with Gasteiger partial charge >= 0.3 is 0 Å². The lowest BCUT2D eigenvalue weighted by Gasteiger charge is -2.23. The van der Waals surface area contributed by atoms with Crippen molar-refractivity contribution in [3.63, 3.8) is 0 Å². The standard InChI is InChI=1S/C17H22N3O2/c1-20-13-15(12-19-20)14-3-2-4-17(11-14)22-10-7-18-16-5-8-21-9-6-16/h3-4,11-13,16,18H,5-10H2,1H3. The molecule has 1 N–H and O–H groups in total. The van der Waals surface area contributed by atoms with Gasteiger partial charge < -0.3 is 14.8 Å². The first kappa shape index (κ1) is 15.1. The average Bonchev–Trinajstić information content (AvgIpc) is 3.00. The van der Waals surface area contributed by atoms with Gasteiger partial charge in [-0.25, -0.2) is 0 Å². The van der Waals surface area contributed by atoms with E-state index in [4.69, 9.17) is 9.47 Å². The number of hydrogen-bond donors (Lipinski definition) is 1. The Kier molecular flexibility index (Phi) is 5.08. The van der Waals surface area contributed by atoms with Crippen LogP contribution in [0, 0.1) is 6.07 Å². The number of aryl methyl sites for hydroxylation is 1. The summed E-state index contributed by atoms with van der Waals surface area (Å²) in [6.45, 7) is 3.23. The largest absolute Gasteiger partial charge is 0.492 e. The van der Waals surface area contributed by atoms with Crippen LogP contribution in [0.3, 0.4) is 0 Å². The van der Waals surface area contributed by atoms with Crippen molar-refractivity contribution >= 4 is 0 Å². The molecule has 1 aliphatic heterocycles. The van der Waals surface area contributed by atoms with Crippen molar-refractivity contribution in [1.82, 2.24) is 15.1 Å². The Morgan fingerprint density at radius 1 is 1.36 bits per heavy atom. The van der Waals surface area contributed by atoms with Crippen LogP contribution in [0.2, 0.25) is 0 Å². The molecule has 5 nitrogen and oxygen atoms in total. The Morgan fingerprint density at radius 2 is 2.23 bits per heavy atom. The smallest absolute Gasteiger partial charge is 0.120 e. The van der Waals surface area contributed by atoms with E-state index in [1.165, 1.54) is 0 Å². The van der Waals surface area contributed by atoms with E-state index in [9.17, 15) is 0 Å². The predicted octanol–water partition coefficient (Wildman–Crippen LogP) is 2.03. The topological polar surface area (TPSA) is 48.3 Å². The molecule has 2 heterocycles. The molecule has 1 aromatic carbocycles. The Hall–Kier alpha value is -1.85. The van der Waals surface area contributed by atoms with Gasteiger partial charge in [0.1, 0.15) is 12.4 Å². The summed E-state index contributed by atoms with van der Waals surface area (Å²) in [5, 5.41) is 7.70. The molecular weight excluding hydrogens is 278 g/mol. The van der Waals surface area contributed by atoms with E-state index in [0.717, 1.165) is 49.5 Å². The molecule has 22 heavy (non-hydrogen) atoms. The van der Waals surface area contributed by atoms with Crippen molar-refractivity contribution in [2.75, 3.05) is 26.4 Å². The minimum absolute atomic E-state index is 0.561. The summed E-state index contributed by atoms with van der Waals surface area (Å²) in [6.07, 6.45) is 6.01. The van der Waals surface area contributed by atoms with Crippen LogP contribution in [0.25, 0.3) is 11.1 Å². The van der Waals surface area contributed by atoms with Crippen molar-refractivity contribution < 1.29 is 9.47 Å². The van der Waals surface area contributed by atoms with Crippen molar-refractivity contribution in [3.8, 4) is 16.9 Å². The van der Waals surface area contributed by atoms with E-state index in [1.54, 1.807) is 4.68 Å². The Labute approximate surface area is 131 Å². The molecule has 1 aromatic heterocycles. The SMILES string of the molecule is Cn1cc(-c2c[c]cc(OCCNC3CCOCC3)c2)cn1. The maximum absolute atomic E-state index is 5.81. The van der Waals surface area contributed by atoms with Gasteiger partial charge in [-0.15, -0.1) is 0 Å². The van der Waals surface area contributed by atoms with Crippen molar-refractivity contribution in [1.29, 1.82) is 0 Å². The third-order valence-electron chi connectivity index (χ3n) is 3.83. The molecule has 1 radical (unpaired) electrons. The number of nitrogens with zero attached hydrogens (tertiary/aromatic N) is 2. The zero-order valence-corrected chi connectivity index (χ0v) is 12.9. The van der Waals surface area contributed by atoms with Gasteiger partial charge in [-0.2, -0.15) is 5.10 Å². The van der Waals surface area contributed by atoms with E-state index >= 15 is 0 Å². The highest BCUT2D eigenvalue weighted by Crippen LogP contribution is 2.22. The maximum atomic E-state index is 5.81. The number of hydrogen-bond acceptors (Lipinski definition) is 4. The molecule has 1 saturated heterocycles. The summed E-state index contributed by atoms with van der Waals surface area (Å²) in [7, 11) is 1.91. The van der Waals surface area contributed by atoms with Crippen molar-refractivity contribution in [2.45, 2.75) is 18.9 Å². The Bertz CT molecular complexity index is 591. The average molecular weight is 300 g/mol. The lowest BCUT2D eigenvalue weighted by molar-refractivity contribution is 0.0770. The fraction of sp³-hybridized carbons (Fsp3) is 0.471. The summed E-state index contributed by atoms with van der Waals surface area (Å²) in [4.78, 5) is 0. The van der Waals surface area contributed by atoms with Crippen LogP contribution in [0.4, 0.5) is 0 Å². The van der Waals surface area contributed by atoms with E-state index in [0.29, 0.717) is 12.6 Å². The first-order valence-corrected chi connectivity index (χ1v) is 7.75. The number of benzene rings is 1. The quantitative estimate of drug-likeness (QED) is 0.829. The van der Waals surface area contributed by atoms with E-state index in [1.807, 2.05) is 37.6 Å². The van der Waals surface area contributed by atoms with Gasteiger partial charge in [-0.05, 0) is 42.7 Å². The van der Waals surface area contributed by atoms with Crippen molar-refractivity contribution in [3.05, 3.63) is 36.7 Å². The molecule has 5 heteroatoms. The Balaban J connectivity index is 1.48. The minimum Gasteiger partial charge on any atom is -0.492 e. The fourth-order valence-electron chi connectivity index (χ4n) is 2.60. The van der Waals surface area contributed by atoms with Crippen molar-refractivity contribution in [2.24, 2.45) is 7.05 Å². The summed E-state index contributed by atoms with van der Waals surface area (Å²) >= 11 is 0. The highest BCUT2D eigenvalue weighted by atomic mass is 16.5. The lowest BCUT2D eigenvalue weighted by Crippen LogP contribution is -2.37. The van der Waals surface area contributed by atoms with E-state index < -0.39 is 0 Å².